The quantitative estimate of drug-likeness (QED) is 0.525. The fourth-order valence-corrected chi connectivity index (χ4v) is 2.39. The van der Waals surface area contributed by atoms with E-state index in [1.165, 1.54) is 25.0 Å². The summed E-state index contributed by atoms with van der Waals surface area (Å²) in [5.74, 6) is 0.400. The number of hydrogen-bond donors (Lipinski definition) is 0. The minimum absolute atomic E-state index is 0.364. The molecule has 0 spiro atoms. The van der Waals surface area contributed by atoms with Gasteiger partial charge in [0.25, 0.3) is 0 Å². The van der Waals surface area contributed by atoms with Crippen LogP contribution in [0.3, 0.4) is 0 Å². The third-order valence-corrected chi connectivity index (χ3v) is 3.98. The fraction of sp³-hybridized carbons (Fsp3) is 0.286. The van der Waals surface area contributed by atoms with Crippen molar-refractivity contribution in [2.24, 2.45) is 10.9 Å². The first kappa shape index (κ1) is 17.1. The molecule has 0 unspecified atom stereocenters. The van der Waals surface area contributed by atoms with E-state index >= 15 is 0 Å². The highest BCUT2D eigenvalue weighted by atomic mass is 19.1. The molecule has 0 aliphatic heterocycles. The summed E-state index contributed by atoms with van der Waals surface area (Å²) < 4.78 is 13.2. The van der Waals surface area contributed by atoms with E-state index in [0.29, 0.717) is 0 Å². The van der Waals surface area contributed by atoms with Crippen molar-refractivity contribution in [2.75, 3.05) is 6.54 Å². The Morgan fingerprint density at radius 2 is 2.09 bits per heavy atom. The van der Waals surface area contributed by atoms with Gasteiger partial charge in [0.2, 0.25) is 0 Å². The van der Waals surface area contributed by atoms with E-state index in [2.05, 4.69) is 31.9 Å². The van der Waals surface area contributed by atoms with E-state index in [1.807, 2.05) is 6.08 Å². The van der Waals surface area contributed by atoms with E-state index in [9.17, 15) is 4.39 Å². The van der Waals surface area contributed by atoms with E-state index in [1.54, 1.807) is 12.2 Å². The van der Waals surface area contributed by atoms with Crippen molar-refractivity contribution in [3.63, 3.8) is 0 Å². The lowest BCUT2D eigenvalue weighted by Gasteiger charge is -2.16. The summed E-state index contributed by atoms with van der Waals surface area (Å²) >= 11 is 0. The average molecular weight is 309 g/mol. The molecular weight excluding hydrogens is 285 g/mol. The molecule has 0 radical (unpaired) electrons. The topological polar surface area (TPSA) is 12.4 Å². The van der Waals surface area contributed by atoms with E-state index in [-0.39, 0.29) is 5.83 Å². The molecule has 2 rings (SSSR count). The number of hydrogen-bond acceptors (Lipinski definition) is 1. The molecule has 0 aromatic heterocycles. The zero-order valence-electron chi connectivity index (χ0n) is 13.6. The molecular formula is C21H24FN. The lowest BCUT2D eigenvalue weighted by Crippen LogP contribution is -2.09. The van der Waals surface area contributed by atoms with Gasteiger partial charge in [-0.3, -0.25) is 4.99 Å². The molecule has 120 valence electrons. The van der Waals surface area contributed by atoms with Crippen LogP contribution in [0.25, 0.3) is 0 Å². The summed E-state index contributed by atoms with van der Waals surface area (Å²) in [5, 5.41) is 0. The Kier molecular flexibility index (Phi) is 6.28. The second-order valence-corrected chi connectivity index (χ2v) is 5.84. The molecule has 0 aromatic carbocycles. The molecule has 0 aromatic rings. The molecule has 1 saturated carbocycles. The van der Waals surface area contributed by atoms with Gasteiger partial charge in [0.05, 0.1) is 0 Å². The standard InChI is InChI=1S/C21H24FN/c1-4-16(3)19(11-8-9-18(22)5-2)20-10-6-7-12-21(20)23-15-17-13-14-17/h4-6,8-11,17H,1-3,7,12-15H2/b11-8+,18-9+,20-19-,23-21?. The third kappa shape index (κ3) is 5.17. The lowest BCUT2D eigenvalue weighted by atomic mass is 9.91. The molecule has 2 aliphatic rings. The SMILES string of the molecule is C=CC(=C)C(/C=C/C=C(/F)C=C)=C1/C=CCCC1=NCC1CC1. The Balaban J connectivity index is 2.36. The lowest BCUT2D eigenvalue weighted by molar-refractivity contribution is 0.668. The Labute approximate surface area is 138 Å². The number of aliphatic imine (C=N–C) groups is 1. The molecule has 2 heteroatoms. The van der Waals surface area contributed by atoms with Gasteiger partial charge in [0.1, 0.15) is 5.83 Å². The number of allylic oxidation sites excluding steroid dienone is 11. The zero-order chi connectivity index (χ0) is 16.7. The number of halogens is 1. The maximum atomic E-state index is 13.2. The van der Waals surface area contributed by atoms with E-state index in [4.69, 9.17) is 4.99 Å². The number of rotatable bonds is 7. The van der Waals surface area contributed by atoms with Crippen molar-refractivity contribution in [3.05, 3.63) is 84.8 Å². The Morgan fingerprint density at radius 3 is 2.74 bits per heavy atom. The molecule has 1 nitrogen and oxygen atoms in total. The average Bonchev–Trinajstić information content (AvgIpc) is 3.41. The van der Waals surface area contributed by atoms with Gasteiger partial charge < -0.3 is 0 Å². The molecule has 0 saturated heterocycles. The van der Waals surface area contributed by atoms with Crippen molar-refractivity contribution in [3.8, 4) is 0 Å². The minimum atomic E-state index is -0.364. The molecule has 0 heterocycles. The summed E-state index contributed by atoms with van der Waals surface area (Å²) in [5.41, 5.74) is 3.95. The van der Waals surface area contributed by atoms with Crippen LogP contribution in [0, 0.1) is 5.92 Å². The van der Waals surface area contributed by atoms with Gasteiger partial charge in [-0.2, -0.15) is 0 Å². The van der Waals surface area contributed by atoms with Crippen LogP contribution >= 0.6 is 0 Å². The Morgan fingerprint density at radius 1 is 1.30 bits per heavy atom. The van der Waals surface area contributed by atoms with Crippen molar-refractivity contribution < 1.29 is 4.39 Å². The van der Waals surface area contributed by atoms with E-state index < -0.39 is 0 Å². The molecule has 23 heavy (non-hydrogen) atoms. The van der Waals surface area contributed by atoms with Gasteiger partial charge in [-0.15, -0.1) is 0 Å². The second-order valence-electron chi connectivity index (χ2n) is 5.84. The van der Waals surface area contributed by atoms with Crippen LogP contribution < -0.4 is 0 Å². The molecule has 0 amide bonds. The number of nitrogens with zero attached hydrogens (tertiary/aromatic N) is 1. The second kappa shape index (κ2) is 8.42. The highest BCUT2D eigenvalue weighted by Crippen LogP contribution is 2.30. The van der Waals surface area contributed by atoms with Crippen LogP contribution in [0.15, 0.2) is 89.8 Å². The first-order valence-electron chi connectivity index (χ1n) is 8.08. The molecule has 0 bridgehead atoms. The molecule has 0 atom stereocenters. The third-order valence-electron chi connectivity index (χ3n) is 3.98. The first-order chi connectivity index (χ1) is 11.2. The summed E-state index contributed by atoms with van der Waals surface area (Å²) in [6.45, 7) is 12.2. The molecule has 0 N–H and O–H groups in total. The van der Waals surface area contributed by atoms with Crippen LogP contribution in [0.4, 0.5) is 4.39 Å². The van der Waals surface area contributed by atoms with Crippen LogP contribution in [0.1, 0.15) is 25.7 Å². The Hall–Kier alpha value is -2.22. The van der Waals surface area contributed by atoms with Gasteiger partial charge in [-0.1, -0.05) is 50.1 Å². The smallest absolute Gasteiger partial charge is 0.122 e. The van der Waals surface area contributed by atoms with Gasteiger partial charge in [0, 0.05) is 17.8 Å². The highest BCUT2D eigenvalue weighted by molar-refractivity contribution is 6.05. The minimum Gasteiger partial charge on any atom is -0.289 e. The molecule has 1 fully saturated rings. The predicted molar refractivity (Wildman–Crippen MR) is 98.3 cm³/mol. The van der Waals surface area contributed by atoms with E-state index in [0.717, 1.165) is 47.7 Å². The molecule has 2 aliphatic carbocycles. The monoisotopic (exact) mass is 309 g/mol. The van der Waals surface area contributed by atoms with Crippen molar-refractivity contribution in [2.45, 2.75) is 25.7 Å². The highest BCUT2D eigenvalue weighted by Gasteiger charge is 2.21. The van der Waals surface area contributed by atoms with Crippen molar-refractivity contribution in [1.82, 2.24) is 0 Å². The maximum Gasteiger partial charge on any atom is 0.122 e. The van der Waals surface area contributed by atoms with Crippen molar-refractivity contribution in [1.29, 1.82) is 0 Å². The summed E-state index contributed by atoms with van der Waals surface area (Å²) in [6, 6.07) is 0. The maximum absolute atomic E-state index is 13.2. The van der Waals surface area contributed by atoms with Crippen LogP contribution in [0.2, 0.25) is 0 Å². The van der Waals surface area contributed by atoms with Crippen LogP contribution in [-0.2, 0) is 0 Å². The van der Waals surface area contributed by atoms with Crippen LogP contribution in [0.5, 0.6) is 0 Å². The Bertz CT molecular complexity index is 637. The van der Waals surface area contributed by atoms with Gasteiger partial charge in [-0.05, 0) is 54.9 Å². The first-order valence-corrected chi connectivity index (χ1v) is 8.08. The van der Waals surface area contributed by atoms with Gasteiger partial charge in [-0.25, -0.2) is 4.39 Å². The van der Waals surface area contributed by atoms with Crippen molar-refractivity contribution >= 4 is 5.71 Å². The summed E-state index contributed by atoms with van der Waals surface area (Å²) in [4.78, 5) is 4.82. The largest absolute Gasteiger partial charge is 0.289 e. The summed E-state index contributed by atoms with van der Waals surface area (Å²) in [7, 11) is 0. The summed E-state index contributed by atoms with van der Waals surface area (Å²) in [6.07, 6.45) is 16.6. The van der Waals surface area contributed by atoms with Gasteiger partial charge >= 0.3 is 0 Å². The predicted octanol–water partition coefficient (Wildman–Crippen LogP) is 5.82. The normalized spacial score (nSPS) is 22.5. The fourth-order valence-electron chi connectivity index (χ4n) is 2.39. The van der Waals surface area contributed by atoms with Crippen LogP contribution in [-0.4, -0.2) is 12.3 Å². The van der Waals surface area contributed by atoms with Gasteiger partial charge in [0.15, 0.2) is 0 Å². The zero-order valence-corrected chi connectivity index (χ0v) is 13.6.